The zero-order valence-corrected chi connectivity index (χ0v) is 11.1. The first-order valence-corrected chi connectivity index (χ1v) is 6.93. The molecule has 2 atom stereocenters. The lowest BCUT2D eigenvalue weighted by Gasteiger charge is -2.11. The van der Waals surface area contributed by atoms with Crippen molar-refractivity contribution in [2.45, 2.75) is 31.9 Å². The average Bonchev–Trinajstić information content (AvgIpc) is 2.83. The van der Waals surface area contributed by atoms with Crippen LogP contribution in [0.1, 0.15) is 24.8 Å². The molecule has 2 unspecified atom stereocenters. The number of aliphatic hydroxyl groups excluding tert-OH is 1. The Labute approximate surface area is 114 Å². The monoisotopic (exact) mass is 262 g/mol. The summed E-state index contributed by atoms with van der Waals surface area (Å²) in [7, 11) is 0. The van der Waals surface area contributed by atoms with E-state index in [2.05, 4.69) is 10.6 Å². The van der Waals surface area contributed by atoms with Gasteiger partial charge in [0.1, 0.15) is 0 Å². The van der Waals surface area contributed by atoms with Gasteiger partial charge in [-0.15, -0.1) is 0 Å². The molecule has 0 aromatic heterocycles. The second-order valence-electron chi connectivity index (χ2n) is 5.23. The number of hydrogen-bond acceptors (Lipinski definition) is 3. The third-order valence-corrected chi connectivity index (χ3v) is 3.56. The molecule has 0 aliphatic heterocycles. The largest absolute Gasteiger partial charge is 0.393 e. The Bertz CT molecular complexity index is 394. The summed E-state index contributed by atoms with van der Waals surface area (Å²) in [6, 6.07) is 9.88. The van der Waals surface area contributed by atoms with Crippen LogP contribution in [0, 0.1) is 5.92 Å². The standard InChI is InChI=1S/C15H22N2O2/c18-14-7-6-13(8-14)9-16-11-15(19)17-10-12-4-2-1-3-5-12/h1-5,13-14,16,18H,6-11H2,(H,17,19). The van der Waals surface area contributed by atoms with Crippen LogP contribution in [0.5, 0.6) is 0 Å². The predicted octanol–water partition coefficient (Wildman–Crippen LogP) is 1.05. The maximum atomic E-state index is 11.6. The molecule has 4 heteroatoms. The first-order valence-electron chi connectivity index (χ1n) is 6.93. The van der Waals surface area contributed by atoms with Gasteiger partial charge in [0.25, 0.3) is 0 Å². The fraction of sp³-hybridized carbons (Fsp3) is 0.533. The minimum Gasteiger partial charge on any atom is -0.393 e. The minimum atomic E-state index is -0.140. The minimum absolute atomic E-state index is 0.0161. The number of hydrogen-bond donors (Lipinski definition) is 3. The highest BCUT2D eigenvalue weighted by atomic mass is 16.3. The van der Waals surface area contributed by atoms with Gasteiger partial charge in [-0.05, 0) is 37.3 Å². The molecule has 1 aromatic carbocycles. The van der Waals surface area contributed by atoms with Crippen molar-refractivity contribution in [1.29, 1.82) is 0 Å². The maximum absolute atomic E-state index is 11.6. The first-order chi connectivity index (χ1) is 9.24. The summed E-state index contributed by atoms with van der Waals surface area (Å²) in [6.45, 7) is 1.73. The van der Waals surface area contributed by atoms with E-state index in [1.165, 1.54) is 0 Å². The third kappa shape index (κ3) is 5.01. The Morgan fingerprint density at radius 3 is 2.74 bits per heavy atom. The van der Waals surface area contributed by atoms with Crippen LogP contribution in [0.4, 0.5) is 0 Å². The smallest absolute Gasteiger partial charge is 0.234 e. The van der Waals surface area contributed by atoms with Gasteiger partial charge in [0.2, 0.25) is 5.91 Å². The topological polar surface area (TPSA) is 61.4 Å². The Kier molecular flexibility index (Phi) is 5.36. The van der Waals surface area contributed by atoms with Crippen LogP contribution in [0.25, 0.3) is 0 Å². The average molecular weight is 262 g/mol. The molecule has 104 valence electrons. The summed E-state index contributed by atoms with van der Waals surface area (Å²) in [4.78, 5) is 11.6. The van der Waals surface area contributed by atoms with Crippen molar-refractivity contribution >= 4 is 5.91 Å². The molecule has 0 heterocycles. The van der Waals surface area contributed by atoms with Crippen molar-refractivity contribution < 1.29 is 9.90 Å². The van der Waals surface area contributed by atoms with Crippen LogP contribution in [0.2, 0.25) is 0 Å². The van der Waals surface area contributed by atoms with E-state index < -0.39 is 0 Å². The fourth-order valence-electron chi connectivity index (χ4n) is 2.48. The van der Waals surface area contributed by atoms with Gasteiger partial charge in [-0.1, -0.05) is 30.3 Å². The van der Waals surface area contributed by atoms with E-state index in [1.807, 2.05) is 30.3 Å². The molecule has 1 amide bonds. The van der Waals surface area contributed by atoms with Gasteiger partial charge in [-0.25, -0.2) is 0 Å². The number of carbonyl (C=O) groups excluding carboxylic acids is 1. The molecular weight excluding hydrogens is 240 g/mol. The molecule has 0 saturated heterocycles. The van der Waals surface area contributed by atoms with Gasteiger partial charge in [0.15, 0.2) is 0 Å². The summed E-state index contributed by atoms with van der Waals surface area (Å²) >= 11 is 0. The molecule has 0 spiro atoms. The summed E-state index contributed by atoms with van der Waals surface area (Å²) in [6.07, 6.45) is 2.67. The van der Waals surface area contributed by atoms with E-state index in [9.17, 15) is 9.90 Å². The number of carbonyl (C=O) groups is 1. The Morgan fingerprint density at radius 2 is 2.05 bits per heavy atom. The Hall–Kier alpha value is -1.39. The SMILES string of the molecule is O=C(CNCC1CCC(O)C1)NCc1ccccc1. The van der Waals surface area contributed by atoms with Crippen LogP contribution in [-0.2, 0) is 11.3 Å². The van der Waals surface area contributed by atoms with Crippen molar-refractivity contribution in [3.05, 3.63) is 35.9 Å². The van der Waals surface area contributed by atoms with Crippen molar-refractivity contribution in [1.82, 2.24) is 10.6 Å². The zero-order chi connectivity index (χ0) is 13.5. The van der Waals surface area contributed by atoms with E-state index in [4.69, 9.17) is 0 Å². The van der Waals surface area contributed by atoms with Crippen molar-refractivity contribution in [2.24, 2.45) is 5.92 Å². The molecule has 3 N–H and O–H groups in total. The van der Waals surface area contributed by atoms with Crippen LogP contribution in [-0.4, -0.2) is 30.2 Å². The quantitative estimate of drug-likeness (QED) is 0.718. The van der Waals surface area contributed by atoms with Crippen molar-refractivity contribution in [3.8, 4) is 0 Å². The van der Waals surface area contributed by atoms with E-state index in [0.717, 1.165) is 31.4 Å². The number of nitrogens with one attached hydrogen (secondary N) is 2. The summed E-state index contributed by atoms with van der Waals surface area (Å²) in [5.74, 6) is 0.527. The van der Waals surface area contributed by atoms with E-state index >= 15 is 0 Å². The molecule has 1 aliphatic rings. The number of aliphatic hydroxyl groups is 1. The van der Waals surface area contributed by atoms with Gasteiger partial charge >= 0.3 is 0 Å². The molecule has 1 fully saturated rings. The Morgan fingerprint density at radius 1 is 1.26 bits per heavy atom. The summed E-state index contributed by atoms with van der Waals surface area (Å²) in [5.41, 5.74) is 1.11. The molecule has 0 bridgehead atoms. The van der Waals surface area contributed by atoms with Gasteiger partial charge in [0.05, 0.1) is 12.6 Å². The lowest BCUT2D eigenvalue weighted by Crippen LogP contribution is -2.35. The Balaban J connectivity index is 1.57. The number of benzene rings is 1. The fourth-order valence-corrected chi connectivity index (χ4v) is 2.48. The summed E-state index contributed by atoms with van der Waals surface area (Å²) in [5, 5.41) is 15.5. The van der Waals surface area contributed by atoms with E-state index in [-0.39, 0.29) is 12.0 Å². The second kappa shape index (κ2) is 7.26. The molecule has 1 aliphatic carbocycles. The third-order valence-electron chi connectivity index (χ3n) is 3.56. The molecular formula is C15H22N2O2. The van der Waals surface area contributed by atoms with Crippen LogP contribution < -0.4 is 10.6 Å². The normalized spacial score (nSPS) is 22.4. The van der Waals surface area contributed by atoms with E-state index in [1.54, 1.807) is 0 Å². The van der Waals surface area contributed by atoms with Gasteiger partial charge in [0, 0.05) is 6.54 Å². The highest BCUT2D eigenvalue weighted by Gasteiger charge is 2.22. The zero-order valence-electron chi connectivity index (χ0n) is 11.1. The van der Waals surface area contributed by atoms with Crippen molar-refractivity contribution in [2.75, 3.05) is 13.1 Å². The molecule has 1 aromatic rings. The van der Waals surface area contributed by atoms with Gasteiger partial charge < -0.3 is 15.7 Å². The van der Waals surface area contributed by atoms with Gasteiger partial charge in [-0.2, -0.15) is 0 Å². The maximum Gasteiger partial charge on any atom is 0.234 e. The highest BCUT2D eigenvalue weighted by Crippen LogP contribution is 2.24. The molecule has 1 saturated carbocycles. The lowest BCUT2D eigenvalue weighted by molar-refractivity contribution is -0.120. The molecule has 0 radical (unpaired) electrons. The number of rotatable bonds is 6. The lowest BCUT2D eigenvalue weighted by atomic mass is 10.1. The second-order valence-corrected chi connectivity index (χ2v) is 5.23. The van der Waals surface area contributed by atoms with Crippen molar-refractivity contribution in [3.63, 3.8) is 0 Å². The van der Waals surface area contributed by atoms with Crippen LogP contribution >= 0.6 is 0 Å². The first kappa shape index (κ1) is 14.0. The van der Waals surface area contributed by atoms with E-state index in [0.29, 0.717) is 19.0 Å². The predicted molar refractivity (Wildman–Crippen MR) is 74.5 cm³/mol. The highest BCUT2D eigenvalue weighted by molar-refractivity contribution is 5.77. The van der Waals surface area contributed by atoms with Crippen LogP contribution in [0.3, 0.4) is 0 Å². The molecule has 4 nitrogen and oxygen atoms in total. The molecule has 2 rings (SSSR count). The summed E-state index contributed by atoms with van der Waals surface area (Å²) < 4.78 is 0. The number of amides is 1. The van der Waals surface area contributed by atoms with Crippen LogP contribution in [0.15, 0.2) is 30.3 Å². The molecule has 19 heavy (non-hydrogen) atoms. The van der Waals surface area contributed by atoms with Gasteiger partial charge in [-0.3, -0.25) is 4.79 Å².